The van der Waals surface area contributed by atoms with E-state index in [0.717, 1.165) is 76.8 Å². The van der Waals surface area contributed by atoms with Crippen LogP contribution in [-0.2, 0) is 0 Å². The van der Waals surface area contributed by atoms with Gasteiger partial charge in [0.25, 0.3) is 0 Å². The molecule has 6 aromatic carbocycles. The molecule has 0 fully saturated rings. The van der Waals surface area contributed by atoms with Crippen molar-refractivity contribution in [3.63, 3.8) is 0 Å². The fraction of sp³-hybridized carbons (Fsp3) is 0.0385. The van der Waals surface area contributed by atoms with Crippen LogP contribution < -0.4 is 9.47 Å². The highest BCUT2D eigenvalue weighted by Crippen LogP contribution is 2.40. The van der Waals surface area contributed by atoms with E-state index in [1.54, 1.807) is 30.7 Å². The standard InChI is InChI=1S/C52H35N7O2/c1-32-20-24-53-50(26-32)57-44-10-5-3-8-38(44)40-16-12-34(28-46(40)57)60-36-14-18-42-43-19-15-37(31-49(43)59(48(42)30-36)52-55-22-7-23-56-52)61-35-13-17-41-39-9-4-6-11-45(39)58(47(41)29-35)51-27-33(2)21-25-54-51/h3-31H,1-2H3/i1D3. The molecule has 0 N–H and O–H groups in total. The Balaban J connectivity index is 0.947. The molecule has 0 spiro atoms. The summed E-state index contributed by atoms with van der Waals surface area (Å²) in [5.41, 5.74) is 6.89. The smallest absolute Gasteiger partial charge is 0.234 e. The lowest BCUT2D eigenvalue weighted by Gasteiger charge is -2.11. The number of para-hydroxylation sites is 2. The molecular weight excluding hydrogens is 755 g/mol. The Hall–Kier alpha value is -8.30. The van der Waals surface area contributed by atoms with Crippen molar-refractivity contribution in [2.75, 3.05) is 0 Å². The minimum Gasteiger partial charge on any atom is -0.457 e. The van der Waals surface area contributed by atoms with Crippen molar-refractivity contribution >= 4 is 65.4 Å². The third-order valence-electron chi connectivity index (χ3n) is 11.3. The minimum atomic E-state index is -2.27. The number of pyridine rings is 2. The molecule has 12 aromatic rings. The summed E-state index contributed by atoms with van der Waals surface area (Å²) < 4.78 is 43.6. The van der Waals surface area contributed by atoms with Gasteiger partial charge in [-0.2, -0.15) is 0 Å². The second-order valence-corrected chi connectivity index (χ2v) is 15.1. The number of benzene rings is 6. The summed E-state index contributed by atoms with van der Waals surface area (Å²) in [5, 5.41) is 6.26. The Kier molecular flexibility index (Phi) is 7.08. The van der Waals surface area contributed by atoms with Crippen molar-refractivity contribution in [2.24, 2.45) is 0 Å². The van der Waals surface area contributed by atoms with Gasteiger partial charge < -0.3 is 9.47 Å². The third-order valence-corrected chi connectivity index (χ3v) is 11.3. The molecule has 0 aliphatic carbocycles. The van der Waals surface area contributed by atoms with Crippen LogP contribution >= 0.6 is 0 Å². The zero-order chi connectivity index (χ0) is 43.1. The molecule has 290 valence electrons. The van der Waals surface area contributed by atoms with Gasteiger partial charge in [0.2, 0.25) is 5.95 Å². The van der Waals surface area contributed by atoms with E-state index in [4.69, 9.17) is 18.6 Å². The predicted octanol–water partition coefficient (Wildman–Crippen LogP) is 12.8. The van der Waals surface area contributed by atoms with E-state index in [1.165, 1.54) is 6.07 Å². The minimum absolute atomic E-state index is 0.221. The lowest BCUT2D eigenvalue weighted by atomic mass is 10.1. The summed E-state index contributed by atoms with van der Waals surface area (Å²) in [4.78, 5) is 18.7. The van der Waals surface area contributed by atoms with E-state index in [9.17, 15) is 0 Å². The summed E-state index contributed by atoms with van der Waals surface area (Å²) in [6, 6.07) is 49.7. The Morgan fingerprint density at radius 1 is 0.377 bits per heavy atom. The van der Waals surface area contributed by atoms with Crippen molar-refractivity contribution in [3.05, 3.63) is 188 Å². The molecule has 0 atom stereocenters. The first kappa shape index (κ1) is 31.7. The van der Waals surface area contributed by atoms with Gasteiger partial charge in [-0.1, -0.05) is 36.4 Å². The van der Waals surface area contributed by atoms with Crippen LogP contribution in [0.5, 0.6) is 23.0 Å². The van der Waals surface area contributed by atoms with Crippen LogP contribution in [0.25, 0.3) is 83.0 Å². The maximum Gasteiger partial charge on any atom is 0.234 e. The summed E-state index contributed by atoms with van der Waals surface area (Å²) in [7, 11) is 0. The van der Waals surface area contributed by atoms with E-state index in [0.29, 0.717) is 34.8 Å². The fourth-order valence-corrected chi connectivity index (χ4v) is 8.70. The second-order valence-electron chi connectivity index (χ2n) is 15.1. The fourth-order valence-electron chi connectivity index (χ4n) is 8.70. The van der Waals surface area contributed by atoms with Gasteiger partial charge in [-0.05, 0) is 116 Å². The number of aryl methyl sites for hydroxylation is 2. The predicted molar refractivity (Wildman–Crippen MR) is 243 cm³/mol. The maximum atomic E-state index is 8.03. The van der Waals surface area contributed by atoms with E-state index in [2.05, 4.69) is 87.1 Å². The molecule has 0 unspecified atom stereocenters. The first-order valence-corrected chi connectivity index (χ1v) is 19.9. The van der Waals surface area contributed by atoms with Crippen molar-refractivity contribution in [3.8, 4) is 40.6 Å². The topological polar surface area (TPSA) is 84.8 Å². The Bertz CT molecular complexity index is 3820. The van der Waals surface area contributed by atoms with Crippen LogP contribution in [0.2, 0.25) is 0 Å². The van der Waals surface area contributed by atoms with Gasteiger partial charge in [-0.25, -0.2) is 19.9 Å². The molecule has 12 rings (SSSR count). The zero-order valence-electron chi connectivity index (χ0n) is 35.7. The Labute approximate surface area is 353 Å². The highest BCUT2D eigenvalue weighted by Gasteiger charge is 2.19. The van der Waals surface area contributed by atoms with Crippen LogP contribution in [0.4, 0.5) is 0 Å². The number of fused-ring (bicyclic) bond motifs is 9. The lowest BCUT2D eigenvalue weighted by Crippen LogP contribution is -2.00. The van der Waals surface area contributed by atoms with Crippen LogP contribution in [0, 0.1) is 13.8 Å². The maximum absolute atomic E-state index is 8.03. The number of nitrogens with zero attached hydrogens (tertiary/aromatic N) is 7. The molecule has 61 heavy (non-hydrogen) atoms. The van der Waals surface area contributed by atoms with Crippen LogP contribution in [0.3, 0.4) is 0 Å². The Morgan fingerprint density at radius 2 is 0.787 bits per heavy atom. The number of rotatable bonds is 7. The zero-order valence-corrected chi connectivity index (χ0v) is 32.7. The molecule has 0 aliphatic heterocycles. The van der Waals surface area contributed by atoms with Gasteiger partial charge >= 0.3 is 0 Å². The first-order valence-electron chi connectivity index (χ1n) is 21.4. The number of ether oxygens (including phenoxy) is 2. The van der Waals surface area contributed by atoms with Crippen LogP contribution in [-0.4, -0.2) is 33.6 Å². The van der Waals surface area contributed by atoms with E-state index >= 15 is 0 Å². The van der Waals surface area contributed by atoms with Crippen molar-refractivity contribution in [1.29, 1.82) is 0 Å². The monoisotopic (exact) mass is 792 g/mol. The quantitative estimate of drug-likeness (QED) is 0.160. The first-order chi connectivity index (χ1) is 31.2. The largest absolute Gasteiger partial charge is 0.457 e. The van der Waals surface area contributed by atoms with Crippen LogP contribution in [0.15, 0.2) is 176 Å². The highest BCUT2D eigenvalue weighted by molar-refractivity contribution is 6.11. The van der Waals surface area contributed by atoms with E-state index in [-0.39, 0.29) is 5.56 Å². The molecule has 0 radical (unpaired) electrons. The van der Waals surface area contributed by atoms with Gasteiger partial charge in [-0.15, -0.1) is 0 Å². The SMILES string of the molecule is [2H]C([2H])([2H])c1ccnc(-n2c3ccccc3c3ccc(Oc4ccc5c6ccc(Oc7ccc8c9ccccc9n(-c9cc(C)ccn9)c8c7)cc6n(-c6ncccn6)c5c4)cc32)c1. The molecule has 0 saturated carbocycles. The number of hydrogen-bond donors (Lipinski definition) is 0. The van der Waals surface area contributed by atoms with Gasteiger partial charge in [-0.3, -0.25) is 13.7 Å². The van der Waals surface area contributed by atoms with Crippen molar-refractivity contribution in [2.45, 2.75) is 13.8 Å². The average Bonchev–Trinajstić information content (AvgIpc) is 3.93. The molecule has 0 amide bonds. The number of hydrogen-bond acceptors (Lipinski definition) is 6. The average molecular weight is 793 g/mol. The molecule has 0 aliphatic rings. The number of aromatic nitrogens is 7. The van der Waals surface area contributed by atoms with E-state index < -0.39 is 6.85 Å². The molecule has 9 heteroatoms. The second kappa shape index (κ2) is 13.6. The summed E-state index contributed by atoms with van der Waals surface area (Å²) in [5.74, 6) is 4.42. The summed E-state index contributed by atoms with van der Waals surface area (Å²) in [6.07, 6.45) is 6.85. The summed E-state index contributed by atoms with van der Waals surface area (Å²) in [6.45, 7) is -0.200. The van der Waals surface area contributed by atoms with Gasteiger partial charge in [0.1, 0.15) is 34.6 Å². The highest BCUT2D eigenvalue weighted by atomic mass is 16.5. The van der Waals surface area contributed by atoms with Crippen molar-refractivity contribution in [1.82, 2.24) is 33.6 Å². The molecule has 0 saturated heterocycles. The van der Waals surface area contributed by atoms with Gasteiger partial charge in [0.05, 0.1) is 33.1 Å². The van der Waals surface area contributed by atoms with Gasteiger partial charge in [0, 0.05) is 85.5 Å². The summed E-state index contributed by atoms with van der Waals surface area (Å²) >= 11 is 0. The Morgan fingerprint density at radius 3 is 1.25 bits per heavy atom. The lowest BCUT2D eigenvalue weighted by molar-refractivity contribution is 0.484. The molecule has 6 aromatic heterocycles. The normalized spacial score (nSPS) is 12.7. The molecular formula is C52H35N7O2. The van der Waals surface area contributed by atoms with Gasteiger partial charge in [0.15, 0.2) is 0 Å². The third kappa shape index (κ3) is 5.70. The molecule has 0 bridgehead atoms. The van der Waals surface area contributed by atoms with E-state index in [1.807, 2.05) is 88.1 Å². The van der Waals surface area contributed by atoms with Crippen molar-refractivity contribution < 1.29 is 13.6 Å². The molecule has 9 nitrogen and oxygen atoms in total. The van der Waals surface area contributed by atoms with Crippen LogP contribution in [0.1, 0.15) is 15.2 Å². The molecule has 6 heterocycles.